The van der Waals surface area contributed by atoms with E-state index in [2.05, 4.69) is 24.3 Å². The molecule has 5 nitrogen and oxygen atoms in total. The van der Waals surface area contributed by atoms with Gasteiger partial charge in [0, 0.05) is 40.2 Å². The van der Waals surface area contributed by atoms with Crippen molar-refractivity contribution in [1.29, 1.82) is 0 Å². The molecule has 0 bridgehead atoms. The summed E-state index contributed by atoms with van der Waals surface area (Å²) in [6.45, 7) is 0. The predicted octanol–water partition coefficient (Wildman–Crippen LogP) is 8.87. The molecule has 0 fully saturated rings. The molecule has 5 aromatic carbocycles. The van der Waals surface area contributed by atoms with Gasteiger partial charge in [0.2, 0.25) is 0 Å². The highest BCUT2D eigenvalue weighted by Gasteiger charge is 2.29. The molecule has 6 heteroatoms. The zero-order valence-electron chi connectivity index (χ0n) is 23.1. The number of aliphatic imine (C=N–C) groups is 1. The minimum Gasteiger partial charge on any atom is -0.277 e. The Hall–Kier alpha value is -5.39. The maximum atomic E-state index is 6.98. The van der Waals surface area contributed by atoms with Crippen LogP contribution in [0.15, 0.2) is 157 Å². The van der Waals surface area contributed by atoms with E-state index in [1.807, 2.05) is 128 Å². The van der Waals surface area contributed by atoms with E-state index in [0.717, 1.165) is 44.8 Å². The highest BCUT2D eigenvalue weighted by atomic mass is 35.5. The maximum absolute atomic E-state index is 6.98. The molecule has 1 atom stereocenters. The summed E-state index contributed by atoms with van der Waals surface area (Å²) in [6, 6.07) is 48.1. The highest BCUT2D eigenvalue weighted by Crippen LogP contribution is 2.36. The van der Waals surface area contributed by atoms with E-state index in [4.69, 9.17) is 31.7 Å². The molecule has 1 unspecified atom stereocenters. The van der Waals surface area contributed by atoms with E-state index in [1.165, 1.54) is 0 Å². The van der Waals surface area contributed by atoms with Crippen molar-refractivity contribution in [3.05, 3.63) is 168 Å². The van der Waals surface area contributed by atoms with Gasteiger partial charge in [-0.3, -0.25) is 4.42 Å². The molecule has 1 aliphatic heterocycles. The molecule has 1 aromatic heterocycles. The number of aromatic nitrogens is 3. The van der Waals surface area contributed by atoms with Gasteiger partial charge in [0.1, 0.15) is 6.04 Å². The Morgan fingerprint density at radius 3 is 1.47 bits per heavy atom. The van der Waals surface area contributed by atoms with E-state index >= 15 is 0 Å². The summed E-state index contributed by atoms with van der Waals surface area (Å²) in [4.78, 5) is 19.9. The molecule has 0 saturated carbocycles. The fraction of sp³-hybridized carbons (Fsp3) is 0.0270. The third-order valence-corrected chi connectivity index (χ3v) is 7.59. The maximum Gasteiger partial charge on any atom is 0.164 e. The lowest BCUT2D eigenvalue weighted by atomic mass is 9.93. The van der Waals surface area contributed by atoms with E-state index in [1.54, 1.807) is 4.42 Å². The lowest BCUT2D eigenvalue weighted by molar-refractivity contribution is 0.545. The molecule has 0 spiro atoms. The minimum atomic E-state index is -0.288. The summed E-state index contributed by atoms with van der Waals surface area (Å²) in [5, 5.41) is 0. The molecule has 206 valence electrons. The number of halogens is 1. The Morgan fingerprint density at radius 1 is 0.465 bits per heavy atom. The Morgan fingerprint density at radius 2 is 0.907 bits per heavy atom. The molecule has 43 heavy (non-hydrogen) atoms. The zero-order chi connectivity index (χ0) is 29.0. The Balaban J connectivity index is 1.37. The first-order valence-corrected chi connectivity index (χ1v) is 14.4. The summed E-state index contributed by atoms with van der Waals surface area (Å²) in [5.74, 6) is 1.82. The number of hydrogen-bond donors (Lipinski definition) is 0. The second-order valence-corrected chi connectivity index (χ2v) is 10.5. The van der Waals surface area contributed by atoms with Gasteiger partial charge in [-0.05, 0) is 17.2 Å². The Labute approximate surface area is 255 Å². The standard InChI is InChI=1S/C37H26ClN5/c38-43-25-32(26-14-5-1-6-15-26)39-33(34(43)27-16-7-2-8-17-27)30-22-13-23-31(24-30)37-41-35(28-18-9-3-10-19-28)40-36(42-37)29-20-11-4-12-21-29/h1-25,34H. The average molecular weight is 576 g/mol. The van der Waals surface area contributed by atoms with Gasteiger partial charge >= 0.3 is 0 Å². The van der Waals surface area contributed by atoms with Crippen LogP contribution in [0.5, 0.6) is 0 Å². The topological polar surface area (TPSA) is 54.3 Å². The molecular weight excluding hydrogens is 550 g/mol. The van der Waals surface area contributed by atoms with Gasteiger partial charge in [-0.15, -0.1) is 0 Å². The molecule has 2 heterocycles. The smallest absolute Gasteiger partial charge is 0.164 e. The largest absolute Gasteiger partial charge is 0.277 e. The first-order chi connectivity index (χ1) is 21.2. The quantitative estimate of drug-likeness (QED) is 0.186. The first kappa shape index (κ1) is 26.5. The molecule has 7 rings (SSSR count). The fourth-order valence-corrected chi connectivity index (χ4v) is 5.49. The number of nitrogens with zero attached hydrogens (tertiary/aromatic N) is 5. The van der Waals surface area contributed by atoms with Crippen LogP contribution in [-0.4, -0.2) is 25.1 Å². The van der Waals surface area contributed by atoms with Crippen LogP contribution in [0.1, 0.15) is 22.7 Å². The second kappa shape index (κ2) is 11.8. The van der Waals surface area contributed by atoms with Crippen LogP contribution in [0.3, 0.4) is 0 Å². The van der Waals surface area contributed by atoms with E-state index < -0.39 is 0 Å². The van der Waals surface area contributed by atoms with E-state index in [9.17, 15) is 0 Å². The van der Waals surface area contributed by atoms with Crippen LogP contribution in [0.4, 0.5) is 0 Å². The van der Waals surface area contributed by atoms with Crippen molar-refractivity contribution in [2.24, 2.45) is 4.99 Å². The molecule has 0 amide bonds. The minimum absolute atomic E-state index is 0.288. The van der Waals surface area contributed by atoms with Crippen molar-refractivity contribution in [1.82, 2.24) is 19.4 Å². The lowest BCUT2D eigenvalue weighted by Crippen LogP contribution is -2.27. The summed E-state index contributed by atoms with van der Waals surface area (Å²) in [5.41, 5.74) is 7.31. The van der Waals surface area contributed by atoms with Crippen LogP contribution >= 0.6 is 11.8 Å². The number of hydrogen-bond acceptors (Lipinski definition) is 5. The fourth-order valence-electron chi connectivity index (χ4n) is 5.19. The van der Waals surface area contributed by atoms with Crippen molar-refractivity contribution in [3.8, 4) is 34.2 Å². The predicted molar refractivity (Wildman–Crippen MR) is 174 cm³/mol. The van der Waals surface area contributed by atoms with Crippen LogP contribution in [0, 0.1) is 0 Å². The Bertz CT molecular complexity index is 1870. The van der Waals surface area contributed by atoms with Gasteiger partial charge < -0.3 is 0 Å². The normalized spacial score (nSPS) is 14.6. The summed E-state index contributed by atoms with van der Waals surface area (Å²) < 4.78 is 1.72. The van der Waals surface area contributed by atoms with Crippen LogP contribution < -0.4 is 0 Å². The molecular formula is C37H26ClN5. The van der Waals surface area contributed by atoms with Crippen molar-refractivity contribution < 1.29 is 0 Å². The highest BCUT2D eigenvalue weighted by molar-refractivity contribution is 6.19. The third kappa shape index (κ3) is 5.59. The summed E-state index contributed by atoms with van der Waals surface area (Å²) in [6.07, 6.45) is 1.89. The number of rotatable bonds is 6. The first-order valence-electron chi connectivity index (χ1n) is 14.1. The number of benzene rings is 5. The van der Waals surface area contributed by atoms with Gasteiger partial charge in [0.15, 0.2) is 17.5 Å². The van der Waals surface area contributed by atoms with Gasteiger partial charge in [0.25, 0.3) is 0 Å². The van der Waals surface area contributed by atoms with E-state index in [-0.39, 0.29) is 6.04 Å². The average Bonchev–Trinajstić information content (AvgIpc) is 3.09. The zero-order valence-corrected chi connectivity index (χ0v) is 23.9. The summed E-state index contributed by atoms with van der Waals surface area (Å²) in [7, 11) is 0. The SMILES string of the molecule is ClN1C=C(c2ccccc2)N=C(c2cccc(-c3nc(-c4ccccc4)nc(-c4ccccc4)n3)c2)C1c1ccccc1. The molecule has 1 aliphatic rings. The van der Waals surface area contributed by atoms with Crippen molar-refractivity contribution in [3.63, 3.8) is 0 Å². The molecule has 0 N–H and O–H groups in total. The van der Waals surface area contributed by atoms with Crippen molar-refractivity contribution >= 4 is 23.2 Å². The van der Waals surface area contributed by atoms with Gasteiger partial charge in [-0.1, -0.05) is 140 Å². The molecule has 0 radical (unpaired) electrons. The van der Waals surface area contributed by atoms with Gasteiger partial charge in [-0.25, -0.2) is 19.9 Å². The van der Waals surface area contributed by atoms with Gasteiger partial charge in [0.05, 0.1) is 11.4 Å². The molecule has 6 aromatic rings. The Kier molecular flexibility index (Phi) is 7.30. The van der Waals surface area contributed by atoms with Gasteiger partial charge in [-0.2, -0.15) is 0 Å². The van der Waals surface area contributed by atoms with Crippen LogP contribution in [-0.2, 0) is 0 Å². The van der Waals surface area contributed by atoms with E-state index in [0.29, 0.717) is 17.5 Å². The third-order valence-electron chi connectivity index (χ3n) is 7.29. The monoisotopic (exact) mass is 575 g/mol. The molecule has 0 aliphatic carbocycles. The second-order valence-electron chi connectivity index (χ2n) is 10.2. The van der Waals surface area contributed by atoms with Crippen LogP contribution in [0.2, 0.25) is 0 Å². The van der Waals surface area contributed by atoms with Crippen molar-refractivity contribution in [2.45, 2.75) is 6.04 Å². The lowest BCUT2D eigenvalue weighted by Gasteiger charge is -2.31. The molecule has 0 saturated heterocycles. The summed E-state index contributed by atoms with van der Waals surface area (Å²) >= 11 is 6.98. The van der Waals surface area contributed by atoms with Crippen LogP contribution in [0.25, 0.3) is 39.9 Å². The van der Waals surface area contributed by atoms with Crippen molar-refractivity contribution in [2.75, 3.05) is 0 Å².